The van der Waals surface area contributed by atoms with Gasteiger partial charge in [0.2, 0.25) is 0 Å². The van der Waals surface area contributed by atoms with Gasteiger partial charge in [-0.25, -0.2) is 0 Å². The lowest BCUT2D eigenvalue weighted by Gasteiger charge is -2.47. The van der Waals surface area contributed by atoms with Crippen LogP contribution in [-0.2, 0) is 17.8 Å². The summed E-state index contributed by atoms with van der Waals surface area (Å²) in [5, 5.41) is 1.50. The molecule has 2 aromatic rings. The number of H-pyrrole nitrogens is 1. The molecule has 1 aromatic carbocycles. The SMILES string of the molecule is CCCN1C[C@H](CSC)C[C@@H]2c3cccc4[nH]c(COC)c(c34)C[C@H]21. The van der Waals surface area contributed by atoms with Gasteiger partial charge >= 0.3 is 0 Å². The van der Waals surface area contributed by atoms with Crippen LogP contribution in [0.2, 0.25) is 0 Å². The van der Waals surface area contributed by atoms with Crippen LogP contribution in [-0.4, -0.2) is 48.1 Å². The van der Waals surface area contributed by atoms with E-state index >= 15 is 0 Å². The van der Waals surface area contributed by atoms with Crippen molar-refractivity contribution in [3.63, 3.8) is 0 Å². The summed E-state index contributed by atoms with van der Waals surface area (Å²) in [6.07, 6.45) is 6.00. The number of thioether (sulfide) groups is 1. The summed E-state index contributed by atoms with van der Waals surface area (Å²) < 4.78 is 5.48. The van der Waals surface area contributed by atoms with Crippen molar-refractivity contribution in [2.75, 3.05) is 32.2 Å². The lowest BCUT2D eigenvalue weighted by molar-refractivity contribution is 0.0919. The average Bonchev–Trinajstić information content (AvgIpc) is 2.96. The summed E-state index contributed by atoms with van der Waals surface area (Å²) >= 11 is 2.01. The molecule has 1 aliphatic carbocycles. The number of likely N-dealkylation sites (tertiary alicyclic amines) is 1. The Morgan fingerprint density at radius 2 is 2.24 bits per heavy atom. The zero-order valence-electron chi connectivity index (χ0n) is 15.7. The van der Waals surface area contributed by atoms with Crippen molar-refractivity contribution in [1.29, 1.82) is 0 Å². The van der Waals surface area contributed by atoms with E-state index in [1.54, 1.807) is 12.7 Å². The Kier molecular flexibility index (Phi) is 5.12. The van der Waals surface area contributed by atoms with E-state index in [1.807, 2.05) is 11.8 Å². The molecule has 0 spiro atoms. The van der Waals surface area contributed by atoms with Crippen LogP contribution in [0, 0.1) is 5.92 Å². The molecule has 0 bridgehead atoms. The standard InChI is InChI=1S/C21H30N2OS/c1-4-8-23-11-14(13-25-3)9-16-15-6-5-7-18-21(15)17(10-20(16)23)19(22-18)12-24-2/h5-7,14,16,20,22H,4,8-13H2,1-3H3/t14-,16-,20-/m1/s1. The number of nitrogens with zero attached hydrogens (tertiary/aromatic N) is 1. The molecule has 1 saturated heterocycles. The Bertz CT molecular complexity index is 741. The molecule has 1 N–H and O–H groups in total. The number of piperidine rings is 1. The smallest absolute Gasteiger partial charge is 0.0865 e. The lowest BCUT2D eigenvalue weighted by Crippen LogP contribution is -2.50. The van der Waals surface area contributed by atoms with Crippen molar-refractivity contribution in [2.24, 2.45) is 5.92 Å². The minimum atomic E-state index is 0.655. The van der Waals surface area contributed by atoms with Crippen molar-refractivity contribution in [1.82, 2.24) is 9.88 Å². The second-order valence-corrected chi connectivity index (χ2v) is 8.63. The fourth-order valence-electron chi connectivity index (χ4n) is 5.23. The van der Waals surface area contributed by atoms with Crippen LogP contribution in [0.1, 0.15) is 42.5 Å². The third-order valence-corrected chi connectivity index (χ3v) is 6.88. The molecule has 3 nitrogen and oxygen atoms in total. The monoisotopic (exact) mass is 358 g/mol. The van der Waals surface area contributed by atoms with Crippen LogP contribution in [0.15, 0.2) is 18.2 Å². The largest absolute Gasteiger partial charge is 0.378 e. The first-order chi connectivity index (χ1) is 12.3. The second kappa shape index (κ2) is 7.34. The Balaban J connectivity index is 1.78. The Morgan fingerprint density at radius 3 is 3.00 bits per heavy atom. The van der Waals surface area contributed by atoms with Gasteiger partial charge in [-0.05, 0) is 60.9 Å². The van der Waals surface area contributed by atoms with E-state index in [9.17, 15) is 0 Å². The highest BCUT2D eigenvalue weighted by molar-refractivity contribution is 7.98. The number of nitrogens with one attached hydrogen (secondary N) is 1. The number of methoxy groups -OCH3 is 1. The highest BCUT2D eigenvalue weighted by atomic mass is 32.2. The topological polar surface area (TPSA) is 28.3 Å². The Labute approximate surface area is 155 Å². The van der Waals surface area contributed by atoms with Crippen molar-refractivity contribution in [3.8, 4) is 0 Å². The van der Waals surface area contributed by atoms with Crippen LogP contribution in [0.4, 0.5) is 0 Å². The van der Waals surface area contributed by atoms with Gasteiger partial charge in [-0.15, -0.1) is 0 Å². The zero-order chi connectivity index (χ0) is 17.4. The zero-order valence-corrected chi connectivity index (χ0v) is 16.5. The van der Waals surface area contributed by atoms with Gasteiger partial charge in [-0.1, -0.05) is 19.1 Å². The summed E-state index contributed by atoms with van der Waals surface area (Å²) in [5.41, 5.74) is 5.67. The summed E-state index contributed by atoms with van der Waals surface area (Å²) in [4.78, 5) is 6.43. The van der Waals surface area contributed by atoms with E-state index in [-0.39, 0.29) is 0 Å². The molecule has 136 valence electrons. The Hall–Kier alpha value is -0.970. The predicted octanol–water partition coefficient (Wildman–Crippen LogP) is 4.42. The van der Waals surface area contributed by atoms with Crippen molar-refractivity contribution in [3.05, 3.63) is 35.0 Å². The van der Waals surface area contributed by atoms with E-state index in [1.165, 1.54) is 60.3 Å². The molecule has 3 atom stereocenters. The molecule has 1 fully saturated rings. The fraction of sp³-hybridized carbons (Fsp3) is 0.619. The molecule has 0 saturated carbocycles. The van der Waals surface area contributed by atoms with E-state index in [2.05, 4.69) is 41.3 Å². The number of hydrogen-bond acceptors (Lipinski definition) is 3. The van der Waals surface area contributed by atoms with E-state index in [0.29, 0.717) is 18.6 Å². The van der Waals surface area contributed by atoms with Gasteiger partial charge in [0.1, 0.15) is 0 Å². The third kappa shape index (κ3) is 3.02. The highest BCUT2D eigenvalue weighted by Crippen LogP contribution is 2.46. The molecule has 1 aliphatic heterocycles. The molecule has 1 aromatic heterocycles. The molecule has 2 aliphatic rings. The third-order valence-electron chi connectivity index (χ3n) is 6.08. The first-order valence-electron chi connectivity index (χ1n) is 9.61. The normalized spacial score (nSPS) is 26.1. The number of aromatic amines is 1. The number of hydrogen-bond donors (Lipinski definition) is 1. The molecule has 4 heteroatoms. The van der Waals surface area contributed by atoms with E-state index in [4.69, 9.17) is 4.74 Å². The lowest BCUT2D eigenvalue weighted by atomic mass is 9.72. The van der Waals surface area contributed by atoms with Crippen molar-refractivity contribution in [2.45, 2.75) is 44.8 Å². The van der Waals surface area contributed by atoms with Crippen molar-refractivity contribution >= 4 is 22.7 Å². The summed E-state index contributed by atoms with van der Waals surface area (Å²) in [5.74, 6) is 2.78. The molecule has 4 rings (SSSR count). The summed E-state index contributed by atoms with van der Waals surface area (Å²) in [6.45, 7) is 5.49. The number of aromatic nitrogens is 1. The molecule has 25 heavy (non-hydrogen) atoms. The van der Waals surface area contributed by atoms with Gasteiger partial charge in [0.15, 0.2) is 0 Å². The Morgan fingerprint density at radius 1 is 1.36 bits per heavy atom. The molecule has 0 radical (unpaired) electrons. The maximum Gasteiger partial charge on any atom is 0.0865 e. The molecule has 0 unspecified atom stereocenters. The number of benzene rings is 1. The molecular formula is C21H30N2OS. The second-order valence-electron chi connectivity index (χ2n) is 7.71. The average molecular weight is 359 g/mol. The molecular weight excluding hydrogens is 328 g/mol. The van der Waals surface area contributed by atoms with Gasteiger partial charge in [0.05, 0.1) is 6.61 Å². The number of fused-ring (bicyclic) bond motifs is 2. The number of ether oxygens (including phenoxy) is 1. The minimum Gasteiger partial charge on any atom is -0.378 e. The van der Waals surface area contributed by atoms with Gasteiger partial charge < -0.3 is 9.72 Å². The van der Waals surface area contributed by atoms with Gasteiger partial charge in [-0.2, -0.15) is 11.8 Å². The first kappa shape index (κ1) is 17.4. The van der Waals surface area contributed by atoms with Crippen LogP contribution in [0.5, 0.6) is 0 Å². The van der Waals surface area contributed by atoms with Gasteiger partial charge in [0, 0.05) is 42.2 Å². The number of rotatable bonds is 6. The van der Waals surface area contributed by atoms with Crippen LogP contribution < -0.4 is 0 Å². The maximum atomic E-state index is 5.48. The van der Waals surface area contributed by atoms with Gasteiger partial charge in [0.25, 0.3) is 0 Å². The summed E-state index contributed by atoms with van der Waals surface area (Å²) in [7, 11) is 1.79. The summed E-state index contributed by atoms with van der Waals surface area (Å²) in [6, 6.07) is 7.51. The molecule has 2 heterocycles. The van der Waals surface area contributed by atoms with Crippen LogP contribution in [0.3, 0.4) is 0 Å². The quantitative estimate of drug-likeness (QED) is 0.829. The van der Waals surface area contributed by atoms with Crippen LogP contribution >= 0.6 is 11.8 Å². The maximum absolute atomic E-state index is 5.48. The van der Waals surface area contributed by atoms with Crippen molar-refractivity contribution < 1.29 is 4.74 Å². The van der Waals surface area contributed by atoms with E-state index < -0.39 is 0 Å². The minimum absolute atomic E-state index is 0.655. The fourth-order valence-corrected chi connectivity index (χ4v) is 5.94. The predicted molar refractivity (Wildman–Crippen MR) is 108 cm³/mol. The molecule has 0 amide bonds. The highest BCUT2D eigenvalue weighted by Gasteiger charge is 2.41. The van der Waals surface area contributed by atoms with E-state index in [0.717, 1.165) is 5.92 Å². The van der Waals surface area contributed by atoms with Gasteiger partial charge in [-0.3, -0.25) is 4.90 Å². The first-order valence-corrected chi connectivity index (χ1v) is 11.0. The van der Waals surface area contributed by atoms with Crippen LogP contribution in [0.25, 0.3) is 10.9 Å².